The predicted molar refractivity (Wildman–Crippen MR) is 190 cm³/mol. The van der Waals surface area contributed by atoms with Gasteiger partial charge in [0.1, 0.15) is 6.61 Å². The van der Waals surface area contributed by atoms with Crippen LogP contribution in [0.4, 0.5) is 0 Å². The summed E-state index contributed by atoms with van der Waals surface area (Å²) in [4.78, 5) is 81.5. The number of aromatic nitrogens is 1. The molecule has 2 amide bonds. The molecule has 3 rings (SSSR count). The second-order valence-electron chi connectivity index (χ2n) is 12.8. The van der Waals surface area contributed by atoms with Crippen LogP contribution < -0.4 is 10.6 Å². The minimum absolute atomic E-state index is 0.0914. The maximum absolute atomic E-state index is 14.0. The number of rotatable bonds is 20. The molecule has 14 nitrogen and oxygen atoms in total. The summed E-state index contributed by atoms with van der Waals surface area (Å²) in [6, 6.07) is 16.9. The molecule has 0 aliphatic carbocycles. The van der Waals surface area contributed by atoms with Gasteiger partial charge in [0.15, 0.2) is 15.6 Å². The van der Waals surface area contributed by atoms with E-state index in [2.05, 4.69) is 15.6 Å². The van der Waals surface area contributed by atoms with Crippen molar-refractivity contribution in [3.8, 4) is 0 Å². The van der Waals surface area contributed by atoms with Gasteiger partial charge < -0.3 is 25.6 Å². The standard InChI is InChI=1S/C37H43N3O11S/c1-23(2)29(37(48)39-28(20-34(44)45)15-16-52(3,49)50)21-32(41)31(19-27-14-13-25-11-7-8-12-30(25)38-27)40-36(47)26(17-33(42)43)18-35(46)51-22-24-9-5-4-6-10-24/h4-16,23,26,28-29,31H,17-22H2,1-3H3,(H,39,48)(H,40,47)(H,42,43)(H,44,45)/b16-15+/t26-,28-,29+,31?/m1/s1. The van der Waals surface area contributed by atoms with Gasteiger partial charge in [-0.05, 0) is 23.6 Å². The summed E-state index contributed by atoms with van der Waals surface area (Å²) in [5.74, 6) is -8.60. The van der Waals surface area contributed by atoms with E-state index in [1.54, 1.807) is 68.4 Å². The van der Waals surface area contributed by atoms with Crippen LogP contribution in [0.5, 0.6) is 0 Å². The van der Waals surface area contributed by atoms with Gasteiger partial charge in [-0.2, -0.15) is 0 Å². The zero-order valence-corrected chi connectivity index (χ0v) is 29.9. The third-order valence-electron chi connectivity index (χ3n) is 8.06. The minimum atomic E-state index is -3.64. The number of carboxylic acids is 2. The fraction of sp³-hybridized carbons (Fsp3) is 0.378. The Balaban J connectivity index is 1.87. The lowest BCUT2D eigenvalue weighted by atomic mass is 9.86. The molecule has 3 aromatic rings. The molecular formula is C37H43N3O11S. The van der Waals surface area contributed by atoms with E-state index in [0.29, 0.717) is 16.8 Å². The van der Waals surface area contributed by atoms with Gasteiger partial charge in [0.25, 0.3) is 0 Å². The van der Waals surface area contributed by atoms with Crippen molar-refractivity contribution in [2.24, 2.45) is 17.8 Å². The smallest absolute Gasteiger partial charge is 0.306 e. The first kappa shape index (κ1) is 41.0. The van der Waals surface area contributed by atoms with Crippen LogP contribution in [0.2, 0.25) is 0 Å². The number of ketones is 1. The summed E-state index contributed by atoms with van der Waals surface area (Å²) >= 11 is 0. The monoisotopic (exact) mass is 737 g/mol. The van der Waals surface area contributed by atoms with Crippen LogP contribution in [0.1, 0.15) is 50.8 Å². The van der Waals surface area contributed by atoms with Crippen molar-refractivity contribution < 1.29 is 52.1 Å². The second kappa shape index (κ2) is 19.2. The van der Waals surface area contributed by atoms with Gasteiger partial charge in [-0.1, -0.05) is 74.5 Å². The number of carbonyl (C=O) groups is 6. The number of pyridine rings is 1. The van der Waals surface area contributed by atoms with Crippen molar-refractivity contribution in [1.29, 1.82) is 0 Å². The number of carboxylic acid groups (broad SMARTS) is 2. The number of sulfone groups is 1. The molecule has 0 radical (unpaired) electrons. The number of nitrogens with one attached hydrogen (secondary N) is 2. The summed E-state index contributed by atoms with van der Waals surface area (Å²) in [7, 11) is -3.64. The molecule has 278 valence electrons. The van der Waals surface area contributed by atoms with Gasteiger partial charge >= 0.3 is 17.9 Å². The first-order chi connectivity index (χ1) is 24.5. The molecule has 1 heterocycles. The van der Waals surface area contributed by atoms with Crippen molar-refractivity contribution in [1.82, 2.24) is 15.6 Å². The van der Waals surface area contributed by atoms with Gasteiger partial charge in [0, 0.05) is 41.5 Å². The molecule has 52 heavy (non-hydrogen) atoms. The molecule has 0 saturated heterocycles. The van der Waals surface area contributed by atoms with Gasteiger partial charge in [0.2, 0.25) is 11.8 Å². The third-order valence-corrected chi connectivity index (χ3v) is 8.72. The van der Waals surface area contributed by atoms with Crippen LogP contribution in [0.15, 0.2) is 78.2 Å². The van der Waals surface area contributed by atoms with Crippen LogP contribution in [0.3, 0.4) is 0 Å². The molecule has 0 bridgehead atoms. The van der Waals surface area contributed by atoms with E-state index in [-0.39, 0.29) is 13.0 Å². The topological polar surface area (TPSA) is 223 Å². The number of ether oxygens (including phenoxy) is 1. The van der Waals surface area contributed by atoms with Crippen molar-refractivity contribution in [2.45, 2.75) is 64.6 Å². The number of hydrogen-bond acceptors (Lipinski definition) is 10. The maximum Gasteiger partial charge on any atom is 0.306 e. The zero-order chi connectivity index (χ0) is 38.4. The van der Waals surface area contributed by atoms with Crippen molar-refractivity contribution >= 4 is 56.2 Å². The molecule has 15 heteroatoms. The Labute approximate surface area is 301 Å². The van der Waals surface area contributed by atoms with Crippen molar-refractivity contribution in [3.05, 3.63) is 89.5 Å². The largest absolute Gasteiger partial charge is 0.481 e. The molecular weight excluding hydrogens is 694 g/mol. The minimum Gasteiger partial charge on any atom is -0.481 e. The number of nitrogens with zero attached hydrogens (tertiary/aromatic N) is 1. The quantitative estimate of drug-likeness (QED) is 0.123. The fourth-order valence-corrected chi connectivity index (χ4v) is 5.78. The summed E-state index contributed by atoms with van der Waals surface area (Å²) in [6.45, 7) is 3.24. The SMILES string of the molecule is CC(C)[C@H](CC(=O)C(Cc1ccc2ccccc2n1)NC(=O)[C@H](CC(=O)O)CC(=O)OCc1ccccc1)C(=O)N[C@H](/C=C/S(C)(=O)=O)CC(=O)O. The Bertz CT molecular complexity index is 1890. The van der Waals surface area contributed by atoms with Gasteiger partial charge in [0.05, 0.1) is 42.8 Å². The summed E-state index contributed by atoms with van der Waals surface area (Å²) < 4.78 is 28.6. The van der Waals surface area contributed by atoms with Crippen molar-refractivity contribution in [3.63, 3.8) is 0 Å². The number of fused-ring (bicyclic) bond motifs is 1. The fourth-order valence-electron chi connectivity index (χ4n) is 5.31. The highest BCUT2D eigenvalue weighted by Crippen LogP contribution is 2.21. The van der Waals surface area contributed by atoms with Gasteiger partial charge in [-0.15, -0.1) is 0 Å². The van der Waals surface area contributed by atoms with Crippen molar-refractivity contribution in [2.75, 3.05) is 6.26 Å². The highest BCUT2D eigenvalue weighted by molar-refractivity contribution is 7.93. The summed E-state index contributed by atoms with van der Waals surface area (Å²) in [5.41, 5.74) is 1.72. The van der Waals surface area contributed by atoms with Crippen LogP contribution >= 0.6 is 0 Å². The Morgan fingerprint density at radius 1 is 0.808 bits per heavy atom. The lowest BCUT2D eigenvalue weighted by Gasteiger charge is -2.26. The highest BCUT2D eigenvalue weighted by atomic mass is 32.2. The average molecular weight is 738 g/mol. The predicted octanol–water partition coefficient (Wildman–Crippen LogP) is 3.24. The lowest BCUT2D eigenvalue weighted by molar-refractivity contribution is -0.150. The number of hydrogen-bond donors (Lipinski definition) is 4. The molecule has 4 atom stereocenters. The first-order valence-electron chi connectivity index (χ1n) is 16.5. The van der Waals surface area contributed by atoms with E-state index in [1.165, 1.54) is 0 Å². The van der Waals surface area contributed by atoms with E-state index in [9.17, 15) is 47.4 Å². The highest BCUT2D eigenvalue weighted by Gasteiger charge is 2.33. The van der Waals surface area contributed by atoms with Gasteiger partial charge in [-0.25, -0.2) is 8.42 Å². The number of para-hydroxylation sites is 1. The molecule has 1 aromatic heterocycles. The Morgan fingerprint density at radius 2 is 1.46 bits per heavy atom. The lowest BCUT2D eigenvalue weighted by Crippen LogP contribution is -2.48. The van der Waals surface area contributed by atoms with E-state index in [4.69, 9.17) is 4.74 Å². The summed E-state index contributed by atoms with van der Waals surface area (Å²) in [5, 5.41) is 25.6. The number of carbonyl (C=O) groups excluding carboxylic acids is 4. The maximum atomic E-state index is 14.0. The molecule has 0 spiro atoms. The van der Waals surface area contributed by atoms with Crippen LogP contribution in [-0.2, 0) is 56.4 Å². The molecule has 0 aliphatic heterocycles. The average Bonchev–Trinajstić information content (AvgIpc) is 3.07. The first-order valence-corrected chi connectivity index (χ1v) is 18.5. The number of benzene rings is 2. The molecule has 1 unspecified atom stereocenters. The molecule has 2 aromatic carbocycles. The van der Waals surface area contributed by atoms with Crippen LogP contribution in [0.25, 0.3) is 10.9 Å². The Morgan fingerprint density at radius 3 is 2.10 bits per heavy atom. The zero-order valence-electron chi connectivity index (χ0n) is 29.1. The number of Topliss-reactive ketones (excluding diaryl/α,β-unsaturated/α-hetero) is 1. The molecule has 0 fully saturated rings. The Hall–Kier alpha value is -5.44. The molecule has 4 N–H and O–H groups in total. The number of aliphatic carboxylic acids is 2. The summed E-state index contributed by atoms with van der Waals surface area (Å²) in [6.07, 6.45) is -0.553. The van der Waals surface area contributed by atoms with Gasteiger partial charge in [-0.3, -0.25) is 33.8 Å². The van der Waals surface area contributed by atoms with E-state index >= 15 is 0 Å². The van der Waals surface area contributed by atoms with E-state index < -0.39 is 101 Å². The number of esters is 1. The Kier molecular flexibility index (Phi) is 15.2. The molecule has 0 saturated carbocycles. The van der Waals surface area contributed by atoms with E-state index in [1.807, 2.05) is 12.1 Å². The normalized spacial score (nSPS) is 13.9. The van der Waals surface area contributed by atoms with Crippen LogP contribution in [0, 0.1) is 17.8 Å². The van der Waals surface area contributed by atoms with E-state index in [0.717, 1.165) is 23.1 Å². The molecule has 0 aliphatic rings. The third kappa shape index (κ3) is 14.1. The number of amides is 2. The van der Waals surface area contributed by atoms with Crippen LogP contribution in [-0.4, -0.2) is 77.5 Å². The second-order valence-corrected chi connectivity index (χ2v) is 14.7.